The van der Waals surface area contributed by atoms with Gasteiger partial charge in [0.05, 0.1) is 11.6 Å². The molecule has 4 saturated heterocycles. The van der Waals surface area contributed by atoms with E-state index in [0.29, 0.717) is 48.9 Å². The summed E-state index contributed by atoms with van der Waals surface area (Å²) >= 11 is 0. The Kier molecular flexibility index (Phi) is 6.16. The number of fused-ring (bicyclic) bond motifs is 7. The SMILES string of the molecule is CCc1cccc2cc(O)cc(-c3nc4c5c(nc(OC[C@]67CCCN6C[C@H](F)C7)nc5c3F)N3C[C@H]5CC[C@H](N5)[C@@H]3CO4)c12. The molecule has 4 fully saturated rings. The number of halogens is 2. The fraction of sp³-hybridized carbons (Fsp3) is 0.500. The first-order chi connectivity index (χ1) is 21.9. The first-order valence-electron chi connectivity index (χ1n) is 16.2. The maximum absolute atomic E-state index is 17.0. The Hall–Kier alpha value is -3.83. The molecule has 9 rings (SSSR count). The number of rotatable bonds is 5. The number of hydrogen-bond acceptors (Lipinski definition) is 9. The molecule has 2 aromatic carbocycles. The average Bonchev–Trinajstić information content (AvgIpc) is 3.67. The van der Waals surface area contributed by atoms with Gasteiger partial charge in [0.25, 0.3) is 0 Å². The van der Waals surface area contributed by atoms with Gasteiger partial charge in [-0.1, -0.05) is 25.1 Å². The first-order valence-corrected chi connectivity index (χ1v) is 16.2. The maximum Gasteiger partial charge on any atom is 0.319 e. The van der Waals surface area contributed by atoms with Gasteiger partial charge in [-0.2, -0.15) is 9.97 Å². The zero-order valence-electron chi connectivity index (χ0n) is 25.2. The van der Waals surface area contributed by atoms with Gasteiger partial charge < -0.3 is 24.8 Å². The Balaban J connectivity index is 1.24. The van der Waals surface area contributed by atoms with Crippen LogP contribution in [0.2, 0.25) is 0 Å². The number of phenols is 1. The molecule has 7 heterocycles. The van der Waals surface area contributed by atoms with Crippen molar-refractivity contribution in [3.8, 4) is 28.9 Å². The number of aryl methyl sites for hydroxylation is 1. The molecule has 0 saturated carbocycles. The minimum absolute atomic E-state index is 0.0187. The Labute approximate surface area is 259 Å². The quantitative estimate of drug-likeness (QED) is 0.325. The molecule has 11 heteroatoms. The molecule has 4 aromatic rings. The van der Waals surface area contributed by atoms with Gasteiger partial charge in [-0.05, 0) is 67.1 Å². The van der Waals surface area contributed by atoms with Crippen molar-refractivity contribution < 1.29 is 23.4 Å². The average molecular weight is 615 g/mol. The van der Waals surface area contributed by atoms with E-state index in [0.717, 1.165) is 55.0 Å². The summed E-state index contributed by atoms with van der Waals surface area (Å²) < 4.78 is 44.3. The van der Waals surface area contributed by atoms with Crippen molar-refractivity contribution in [1.29, 1.82) is 0 Å². The Bertz CT molecular complexity index is 1860. The van der Waals surface area contributed by atoms with Gasteiger partial charge in [-0.25, -0.2) is 13.8 Å². The Morgan fingerprint density at radius 3 is 2.96 bits per heavy atom. The highest BCUT2D eigenvalue weighted by Gasteiger charge is 2.50. The number of nitrogens with one attached hydrogen (secondary N) is 1. The molecular formula is C34H36F2N6O3. The van der Waals surface area contributed by atoms with E-state index in [9.17, 15) is 9.50 Å². The van der Waals surface area contributed by atoms with Gasteiger partial charge in [0.15, 0.2) is 5.82 Å². The highest BCUT2D eigenvalue weighted by atomic mass is 19.1. The Morgan fingerprint density at radius 1 is 1.16 bits per heavy atom. The van der Waals surface area contributed by atoms with E-state index in [4.69, 9.17) is 19.4 Å². The van der Waals surface area contributed by atoms with Crippen molar-refractivity contribution in [1.82, 2.24) is 25.2 Å². The monoisotopic (exact) mass is 614 g/mol. The van der Waals surface area contributed by atoms with Gasteiger partial charge in [0.2, 0.25) is 5.88 Å². The highest BCUT2D eigenvalue weighted by molar-refractivity contribution is 6.03. The lowest BCUT2D eigenvalue weighted by molar-refractivity contribution is 0.107. The van der Waals surface area contributed by atoms with Crippen molar-refractivity contribution in [2.24, 2.45) is 0 Å². The predicted molar refractivity (Wildman–Crippen MR) is 166 cm³/mol. The molecule has 5 atom stereocenters. The van der Waals surface area contributed by atoms with Crippen LogP contribution in [0.15, 0.2) is 30.3 Å². The zero-order chi connectivity index (χ0) is 30.4. The largest absolute Gasteiger partial charge is 0.508 e. The summed E-state index contributed by atoms with van der Waals surface area (Å²) in [6.07, 6.45) is 4.18. The smallest absolute Gasteiger partial charge is 0.319 e. The second-order valence-electron chi connectivity index (χ2n) is 13.4. The third-order valence-electron chi connectivity index (χ3n) is 10.8. The van der Waals surface area contributed by atoms with Crippen LogP contribution in [0.25, 0.3) is 32.9 Å². The lowest BCUT2D eigenvalue weighted by Gasteiger charge is -2.40. The van der Waals surface area contributed by atoms with Gasteiger partial charge in [-0.15, -0.1) is 0 Å². The van der Waals surface area contributed by atoms with Crippen molar-refractivity contribution in [3.05, 3.63) is 41.7 Å². The molecule has 45 heavy (non-hydrogen) atoms. The molecule has 0 amide bonds. The van der Waals surface area contributed by atoms with E-state index in [1.54, 1.807) is 12.1 Å². The summed E-state index contributed by atoms with van der Waals surface area (Å²) in [5, 5.41) is 16.5. The van der Waals surface area contributed by atoms with Crippen LogP contribution < -0.4 is 19.7 Å². The normalized spacial score (nSPS) is 28.7. The van der Waals surface area contributed by atoms with Crippen LogP contribution in [-0.4, -0.2) is 87.6 Å². The number of aromatic hydroxyl groups is 1. The molecule has 5 aliphatic heterocycles. The number of alkyl halides is 1. The van der Waals surface area contributed by atoms with Gasteiger partial charge in [-0.3, -0.25) is 4.90 Å². The van der Waals surface area contributed by atoms with Crippen LogP contribution in [0, 0.1) is 5.82 Å². The van der Waals surface area contributed by atoms with Crippen molar-refractivity contribution in [3.63, 3.8) is 0 Å². The van der Waals surface area contributed by atoms with Crippen LogP contribution in [0.1, 0.15) is 44.6 Å². The molecule has 2 N–H and O–H groups in total. The van der Waals surface area contributed by atoms with E-state index in [-0.39, 0.29) is 47.5 Å². The molecule has 5 aliphatic rings. The number of nitrogens with zero attached hydrogens (tertiary/aromatic N) is 5. The summed E-state index contributed by atoms with van der Waals surface area (Å²) in [5.74, 6) is 0.240. The van der Waals surface area contributed by atoms with Crippen LogP contribution in [0.3, 0.4) is 0 Å². The van der Waals surface area contributed by atoms with Crippen LogP contribution in [-0.2, 0) is 6.42 Å². The van der Waals surface area contributed by atoms with E-state index in [2.05, 4.69) is 20.1 Å². The minimum Gasteiger partial charge on any atom is -0.508 e. The predicted octanol–water partition coefficient (Wildman–Crippen LogP) is 4.91. The Morgan fingerprint density at radius 2 is 2.07 bits per heavy atom. The number of ether oxygens (including phenoxy) is 2. The minimum atomic E-state index is -0.885. The number of pyridine rings is 1. The summed E-state index contributed by atoms with van der Waals surface area (Å²) in [6, 6.07) is 9.68. The van der Waals surface area contributed by atoms with Gasteiger partial charge in [0.1, 0.15) is 47.5 Å². The molecule has 234 valence electrons. The zero-order valence-corrected chi connectivity index (χ0v) is 25.2. The highest BCUT2D eigenvalue weighted by Crippen LogP contribution is 2.45. The molecule has 9 nitrogen and oxygen atoms in total. The second kappa shape index (κ2) is 10.1. The molecular weight excluding hydrogens is 578 g/mol. The fourth-order valence-electron chi connectivity index (χ4n) is 8.78. The second-order valence-corrected chi connectivity index (χ2v) is 13.4. The van der Waals surface area contributed by atoms with Crippen LogP contribution >= 0.6 is 0 Å². The maximum atomic E-state index is 17.0. The third-order valence-corrected chi connectivity index (χ3v) is 10.8. The molecule has 2 aromatic heterocycles. The summed E-state index contributed by atoms with van der Waals surface area (Å²) in [7, 11) is 0. The number of anilines is 1. The van der Waals surface area contributed by atoms with E-state index >= 15 is 4.39 Å². The summed E-state index contributed by atoms with van der Waals surface area (Å²) in [5.41, 5.74) is 1.24. The lowest BCUT2D eigenvalue weighted by Crippen LogP contribution is -2.60. The molecule has 0 radical (unpaired) electrons. The van der Waals surface area contributed by atoms with Crippen molar-refractivity contribution in [2.75, 3.05) is 37.7 Å². The van der Waals surface area contributed by atoms with Crippen molar-refractivity contribution >= 4 is 27.5 Å². The van der Waals surface area contributed by atoms with Crippen molar-refractivity contribution in [2.45, 2.75) is 75.3 Å². The van der Waals surface area contributed by atoms with Crippen LogP contribution in [0.5, 0.6) is 17.6 Å². The standard InChI is InChI=1S/C34H36F2N6O3/c1-2-18-5-3-6-19-11-22(43)12-23(26(18)19)29-28(36)30-27-31(42-15-21-7-8-24(37-21)25(42)16-44-32(27)38-29)40-33(39-30)45-17-34-9-4-10-41(34)14-20(35)13-34/h3,5-6,11-12,20-21,24-25,37,43H,2,4,7-10,13-17H2,1H3/t20-,21-,24+,25+,34-/m1/s1. The molecule has 0 spiro atoms. The molecule has 0 aliphatic carbocycles. The number of aromatic nitrogens is 3. The number of hydrogen-bond donors (Lipinski definition) is 2. The van der Waals surface area contributed by atoms with Gasteiger partial charge >= 0.3 is 6.01 Å². The number of piperazine rings is 1. The van der Waals surface area contributed by atoms with Crippen LogP contribution in [0.4, 0.5) is 14.6 Å². The number of phenolic OH excluding ortho intramolecular Hbond substituents is 1. The number of benzene rings is 2. The first kappa shape index (κ1) is 27.5. The molecule has 0 unspecified atom stereocenters. The topological polar surface area (TPSA) is 95.9 Å². The van der Waals surface area contributed by atoms with E-state index < -0.39 is 17.5 Å². The van der Waals surface area contributed by atoms with E-state index in [1.165, 1.54) is 0 Å². The van der Waals surface area contributed by atoms with E-state index in [1.807, 2.05) is 25.1 Å². The summed E-state index contributed by atoms with van der Waals surface area (Å²) in [4.78, 5) is 18.8. The van der Waals surface area contributed by atoms with Gasteiger partial charge in [0, 0.05) is 37.2 Å². The third kappa shape index (κ3) is 4.19. The fourth-order valence-corrected chi connectivity index (χ4v) is 8.78. The molecule has 2 bridgehead atoms. The lowest BCUT2D eigenvalue weighted by atomic mass is 9.95. The summed E-state index contributed by atoms with van der Waals surface area (Å²) in [6.45, 7) is 4.63.